The summed E-state index contributed by atoms with van der Waals surface area (Å²) >= 11 is 1.64. The van der Waals surface area contributed by atoms with Crippen molar-refractivity contribution < 1.29 is 8.94 Å². The Hall–Kier alpha value is -2.80. The minimum Gasteiger partial charge on any atom is -0.469 e. The SMILES string of the molecule is Cc1noc(C)c1CSc1nnc(-c2ccoc2C)n1Cc1ccccc1. The van der Waals surface area contributed by atoms with E-state index in [1.807, 2.05) is 45.0 Å². The highest BCUT2D eigenvalue weighted by molar-refractivity contribution is 7.98. The number of hydrogen-bond acceptors (Lipinski definition) is 6. The second kappa shape index (κ2) is 7.44. The summed E-state index contributed by atoms with van der Waals surface area (Å²) in [5.41, 5.74) is 4.18. The third-order valence-corrected chi connectivity index (χ3v) is 5.52. The molecule has 0 fully saturated rings. The van der Waals surface area contributed by atoms with Gasteiger partial charge in [0.2, 0.25) is 0 Å². The van der Waals surface area contributed by atoms with Crippen molar-refractivity contribution in [1.82, 2.24) is 19.9 Å². The van der Waals surface area contributed by atoms with E-state index in [1.165, 1.54) is 5.56 Å². The maximum absolute atomic E-state index is 5.48. The van der Waals surface area contributed by atoms with Crippen LogP contribution in [0.1, 0.15) is 28.3 Å². The molecule has 3 heterocycles. The Kier molecular flexibility index (Phi) is 4.85. The second-order valence-corrected chi connectivity index (χ2v) is 7.30. The largest absolute Gasteiger partial charge is 0.469 e. The van der Waals surface area contributed by atoms with E-state index in [4.69, 9.17) is 8.94 Å². The molecule has 4 rings (SSSR count). The highest BCUT2D eigenvalue weighted by Crippen LogP contribution is 2.30. The average molecular weight is 380 g/mol. The van der Waals surface area contributed by atoms with Crippen molar-refractivity contribution in [3.8, 4) is 11.4 Å². The molecule has 0 aliphatic heterocycles. The highest BCUT2D eigenvalue weighted by atomic mass is 32.2. The van der Waals surface area contributed by atoms with Gasteiger partial charge in [0.1, 0.15) is 11.5 Å². The lowest BCUT2D eigenvalue weighted by Gasteiger charge is -2.10. The molecule has 0 radical (unpaired) electrons. The summed E-state index contributed by atoms with van der Waals surface area (Å²) in [5, 5.41) is 13.8. The maximum Gasteiger partial charge on any atom is 0.192 e. The van der Waals surface area contributed by atoms with Gasteiger partial charge in [-0.3, -0.25) is 4.57 Å². The standard InChI is InChI=1S/C20H20N4O2S/c1-13-18(15(3)26-23-13)12-27-20-22-21-19(17-9-10-25-14(17)2)24(20)11-16-7-5-4-6-8-16/h4-10H,11-12H2,1-3H3. The van der Waals surface area contributed by atoms with E-state index in [1.54, 1.807) is 18.0 Å². The summed E-state index contributed by atoms with van der Waals surface area (Å²) in [4.78, 5) is 0. The Labute approximate surface area is 161 Å². The molecule has 0 bridgehead atoms. The monoisotopic (exact) mass is 380 g/mol. The average Bonchev–Trinajstić information content (AvgIpc) is 3.35. The lowest BCUT2D eigenvalue weighted by atomic mass is 10.2. The van der Waals surface area contributed by atoms with Gasteiger partial charge in [-0.05, 0) is 32.4 Å². The van der Waals surface area contributed by atoms with Crippen LogP contribution in [0.15, 0.2) is 56.8 Å². The number of aryl methyl sites for hydroxylation is 3. The highest BCUT2D eigenvalue weighted by Gasteiger charge is 2.19. The summed E-state index contributed by atoms with van der Waals surface area (Å²) in [6.07, 6.45) is 1.68. The van der Waals surface area contributed by atoms with Crippen LogP contribution in [0, 0.1) is 20.8 Å². The fourth-order valence-electron chi connectivity index (χ4n) is 2.96. The molecule has 0 N–H and O–H groups in total. The van der Waals surface area contributed by atoms with Crippen molar-refractivity contribution >= 4 is 11.8 Å². The van der Waals surface area contributed by atoms with Crippen LogP contribution >= 0.6 is 11.8 Å². The quantitative estimate of drug-likeness (QED) is 0.448. The Morgan fingerprint density at radius 3 is 2.48 bits per heavy atom. The number of hydrogen-bond donors (Lipinski definition) is 0. The minimum absolute atomic E-state index is 0.692. The first-order valence-corrected chi connectivity index (χ1v) is 9.68. The van der Waals surface area contributed by atoms with E-state index in [9.17, 15) is 0 Å². The van der Waals surface area contributed by atoms with Crippen LogP contribution in [0.3, 0.4) is 0 Å². The molecule has 0 atom stereocenters. The van der Waals surface area contributed by atoms with E-state index in [2.05, 4.69) is 32.1 Å². The van der Waals surface area contributed by atoms with Gasteiger partial charge in [0, 0.05) is 11.3 Å². The topological polar surface area (TPSA) is 69.9 Å². The molecule has 0 saturated carbocycles. The summed E-state index contributed by atoms with van der Waals surface area (Å²) in [5.74, 6) is 3.23. The van der Waals surface area contributed by atoms with Crippen molar-refractivity contribution in [3.05, 3.63) is 71.0 Å². The van der Waals surface area contributed by atoms with Crippen LogP contribution in [0.2, 0.25) is 0 Å². The summed E-state index contributed by atoms with van der Waals surface area (Å²) in [7, 11) is 0. The Morgan fingerprint density at radius 2 is 1.81 bits per heavy atom. The lowest BCUT2D eigenvalue weighted by Crippen LogP contribution is -2.04. The van der Waals surface area contributed by atoms with Gasteiger partial charge >= 0.3 is 0 Å². The number of thioether (sulfide) groups is 1. The molecule has 27 heavy (non-hydrogen) atoms. The molecule has 3 aromatic heterocycles. The smallest absolute Gasteiger partial charge is 0.192 e. The van der Waals surface area contributed by atoms with Gasteiger partial charge in [-0.1, -0.05) is 47.3 Å². The van der Waals surface area contributed by atoms with Crippen LogP contribution in [0.25, 0.3) is 11.4 Å². The van der Waals surface area contributed by atoms with Crippen molar-refractivity contribution in [3.63, 3.8) is 0 Å². The van der Waals surface area contributed by atoms with Gasteiger partial charge in [-0.2, -0.15) is 0 Å². The summed E-state index contributed by atoms with van der Waals surface area (Å²) < 4.78 is 12.9. The first-order valence-electron chi connectivity index (χ1n) is 8.69. The molecule has 6 nitrogen and oxygen atoms in total. The first kappa shape index (κ1) is 17.6. The minimum atomic E-state index is 0.692. The molecule has 0 aliphatic carbocycles. The molecular formula is C20H20N4O2S. The molecule has 0 spiro atoms. The molecule has 138 valence electrons. The maximum atomic E-state index is 5.48. The fraction of sp³-hybridized carbons (Fsp3) is 0.250. The van der Waals surface area contributed by atoms with Crippen LogP contribution in [-0.4, -0.2) is 19.9 Å². The molecule has 7 heteroatoms. The second-order valence-electron chi connectivity index (χ2n) is 6.36. The van der Waals surface area contributed by atoms with Crippen molar-refractivity contribution in [2.75, 3.05) is 0 Å². The zero-order chi connectivity index (χ0) is 18.8. The molecule has 4 aromatic rings. The van der Waals surface area contributed by atoms with Crippen molar-refractivity contribution in [1.29, 1.82) is 0 Å². The Balaban J connectivity index is 1.68. The predicted octanol–water partition coefficient (Wildman–Crippen LogP) is 4.79. The number of benzene rings is 1. The molecule has 0 saturated heterocycles. The number of furan rings is 1. The van der Waals surface area contributed by atoms with Gasteiger partial charge < -0.3 is 8.94 Å². The molecule has 0 unspecified atom stereocenters. The first-order chi connectivity index (χ1) is 13.1. The predicted molar refractivity (Wildman–Crippen MR) is 104 cm³/mol. The van der Waals surface area contributed by atoms with Crippen molar-refractivity contribution in [2.45, 2.75) is 38.2 Å². The molecule has 0 aliphatic rings. The van der Waals surface area contributed by atoms with E-state index < -0.39 is 0 Å². The lowest BCUT2D eigenvalue weighted by molar-refractivity contribution is 0.392. The normalized spacial score (nSPS) is 11.2. The zero-order valence-corrected chi connectivity index (χ0v) is 16.3. The van der Waals surface area contributed by atoms with Gasteiger partial charge in [-0.15, -0.1) is 10.2 Å². The van der Waals surface area contributed by atoms with Crippen LogP contribution in [-0.2, 0) is 12.3 Å². The van der Waals surface area contributed by atoms with E-state index in [0.717, 1.165) is 45.1 Å². The Bertz CT molecular complexity index is 1030. The Morgan fingerprint density at radius 1 is 1.00 bits per heavy atom. The van der Waals surface area contributed by atoms with Crippen LogP contribution < -0.4 is 0 Å². The molecular weight excluding hydrogens is 360 g/mol. The van der Waals surface area contributed by atoms with Gasteiger partial charge in [0.15, 0.2) is 11.0 Å². The fourth-order valence-corrected chi connectivity index (χ4v) is 4.06. The van der Waals surface area contributed by atoms with Gasteiger partial charge in [0.25, 0.3) is 0 Å². The van der Waals surface area contributed by atoms with E-state index in [-0.39, 0.29) is 0 Å². The molecule has 0 amide bonds. The third kappa shape index (κ3) is 3.55. The summed E-state index contributed by atoms with van der Waals surface area (Å²) in [6.45, 7) is 6.53. The number of nitrogens with zero attached hydrogens (tertiary/aromatic N) is 4. The number of rotatable bonds is 6. The summed E-state index contributed by atoms with van der Waals surface area (Å²) in [6, 6.07) is 12.2. The van der Waals surface area contributed by atoms with E-state index in [0.29, 0.717) is 6.54 Å². The van der Waals surface area contributed by atoms with Gasteiger partial charge in [0.05, 0.1) is 24.1 Å². The zero-order valence-electron chi connectivity index (χ0n) is 15.5. The van der Waals surface area contributed by atoms with Crippen molar-refractivity contribution in [2.24, 2.45) is 0 Å². The number of aromatic nitrogens is 4. The van der Waals surface area contributed by atoms with E-state index >= 15 is 0 Å². The van der Waals surface area contributed by atoms with Crippen LogP contribution in [0.5, 0.6) is 0 Å². The molecule has 1 aromatic carbocycles. The van der Waals surface area contributed by atoms with Gasteiger partial charge in [-0.25, -0.2) is 0 Å². The van der Waals surface area contributed by atoms with Crippen LogP contribution in [0.4, 0.5) is 0 Å². The third-order valence-electron chi connectivity index (χ3n) is 4.53.